The van der Waals surface area contributed by atoms with Crippen LogP contribution in [0.4, 0.5) is 0 Å². The highest BCUT2D eigenvalue weighted by Crippen LogP contribution is 2.62. The van der Waals surface area contributed by atoms with E-state index in [4.69, 9.17) is 24.2 Å². The lowest BCUT2D eigenvalue weighted by molar-refractivity contribution is -0.252. The first-order valence-electron chi connectivity index (χ1n) is 21.2. The van der Waals surface area contributed by atoms with Crippen molar-refractivity contribution in [3.8, 4) is 23.3 Å². The summed E-state index contributed by atoms with van der Waals surface area (Å²) in [6, 6.07) is 28.3. The highest BCUT2D eigenvalue weighted by Gasteiger charge is 2.65. The number of unbranched alkanes of at least 4 members (excludes halogenated alkanes) is 2. The van der Waals surface area contributed by atoms with Gasteiger partial charge in [-0.3, -0.25) is 4.79 Å². The molecular formula is C50H57N3O7. The Labute approximate surface area is 353 Å². The summed E-state index contributed by atoms with van der Waals surface area (Å²) in [5, 5.41) is 36.4. The minimum absolute atomic E-state index is 0.0670. The Morgan fingerprint density at radius 3 is 2.37 bits per heavy atom. The smallest absolute Gasteiger partial charge is 0.254 e. The number of hydrogen-bond donors (Lipinski definition) is 2. The molecule has 4 aromatic rings. The minimum Gasteiger partial charge on any atom is -0.459 e. The summed E-state index contributed by atoms with van der Waals surface area (Å²) in [5.74, 6) is -0.105. The number of aliphatic hydroxyl groups is 2. The summed E-state index contributed by atoms with van der Waals surface area (Å²) < 4.78 is 21.0. The van der Waals surface area contributed by atoms with Gasteiger partial charge in [-0.15, -0.1) is 6.58 Å². The van der Waals surface area contributed by atoms with Gasteiger partial charge in [0.2, 0.25) is 5.79 Å². The van der Waals surface area contributed by atoms with Crippen molar-refractivity contribution in [1.29, 1.82) is 5.26 Å². The van der Waals surface area contributed by atoms with Crippen LogP contribution in [0, 0.1) is 29.1 Å². The number of carbonyl (C=O) groups is 1. The third kappa shape index (κ3) is 8.85. The third-order valence-corrected chi connectivity index (χ3v) is 12.1. The fourth-order valence-electron chi connectivity index (χ4n) is 9.38. The molecule has 7 rings (SSSR count). The lowest BCUT2D eigenvalue weighted by Gasteiger charge is -2.59. The Balaban J connectivity index is 1.43. The van der Waals surface area contributed by atoms with Crippen molar-refractivity contribution in [2.75, 3.05) is 26.9 Å². The van der Waals surface area contributed by atoms with Gasteiger partial charge >= 0.3 is 0 Å². The predicted molar refractivity (Wildman–Crippen MR) is 233 cm³/mol. The molecule has 10 nitrogen and oxygen atoms in total. The molecule has 0 aromatic heterocycles. The van der Waals surface area contributed by atoms with Gasteiger partial charge in [-0.05, 0) is 129 Å². The number of ether oxygens (including phenoxy) is 3. The van der Waals surface area contributed by atoms with Crippen LogP contribution in [-0.4, -0.2) is 71.0 Å². The number of likely N-dealkylation sites (N-methyl/N-ethyl adjacent to an activating group) is 1. The molecule has 0 saturated heterocycles. The van der Waals surface area contributed by atoms with E-state index in [0.29, 0.717) is 41.2 Å². The number of fused-ring (bicyclic) bond motifs is 3. The van der Waals surface area contributed by atoms with Crippen LogP contribution in [0.25, 0.3) is 10.8 Å². The van der Waals surface area contributed by atoms with Gasteiger partial charge in [0.05, 0.1) is 29.9 Å². The molecular weight excluding hydrogens is 755 g/mol. The first-order chi connectivity index (χ1) is 29.0. The van der Waals surface area contributed by atoms with Crippen molar-refractivity contribution >= 4 is 22.4 Å². The number of amides is 1. The third-order valence-electron chi connectivity index (χ3n) is 12.1. The molecule has 4 aromatic carbocycles. The van der Waals surface area contributed by atoms with Crippen molar-refractivity contribution in [2.45, 2.75) is 89.1 Å². The van der Waals surface area contributed by atoms with Crippen molar-refractivity contribution in [1.82, 2.24) is 4.90 Å². The second kappa shape index (κ2) is 18.4. The van der Waals surface area contributed by atoms with Gasteiger partial charge in [-0.2, -0.15) is 5.26 Å². The zero-order valence-corrected chi connectivity index (χ0v) is 35.2. The van der Waals surface area contributed by atoms with Crippen LogP contribution in [0.2, 0.25) is 0 Å². The molecule has 2 N–H and O–H groups in total. The molecule has 2 aliphatic carbocycles. The molecule has 0 bridgehead atoms. The predicted octanol–water partition coefficient (Wildman–Crippen LogP) is 9.71. The highest BCUT2D eigenvalue weighted by molar-refractivity contribution is 6.03. The highest BCUT2D eigenvalue weighted by atomic mass is 16.7. The monoisotopic (exact) mass is 811 g/mol. The minimum atomic E-state index is -1.39. The van der Waals surface area contributed by atoms with E-state index in [-0.39, 0.29) is 49.9 Å². The Bertz CT molecular complexity index is 2270. The maximum Gasteiger partial charge on any atom is 0.254 e. The van der Waals surface area contributed by atoms with Crippen LogP contribution in [-0.2, 0) is 9.57 Å². The quantitative estimate of drug-likeness (QED) is 0.0649. The lowest BCUT2D eigenvalue weighted by atomic mass is 9.55. The van der Waals surface area contributed by atoms with Gasteiger partial charge in [-0.25, -0.2) is 0 Å². The fourth-order valence-corrected chi connectivity index (χ4v) is 9.38. The fraction of sp³-hybridized carbons (Fsp3) is 0.420. The lowest BCUT2D eigenvalue weighted by Crippen LogP contribution is -2.69. The Hall–Kier alpha value is -5.47. The van der Waals surface area contributed by atoms with Crippen LogP contribution in [0.1, 0.15) is 93.1 Å². The molecule has 0 radical (unpaired) electrons. The van der Waals surface area contributed by atoms with E-state index in [1.165, 1.54) is 0 Å². The van der Waals surface area contributed by atoms with Crippen molar-refractivity contribution in [3.05, 3.63) is 126 Å². The van der Waals surface area contributed by atoms with E-state index < -0.39 is 23.3 Å². The summed E-state index contributed by atoms with van der Waals surface area (Å²) in [4.78, 5) is 22.5. The van der Waals surface area contributed by atoms with Gasteiger partial charge in [0.25, 0.3) is 5.91 Å². The maximum atomic E-state index is 14.6. The van der Waals surface area contributed by atoms with Crippen LogP contribution in [0.3, 0.4) is 0 Å². The average molecular weight is 812 g/mol. The topological polar surface area (TPSA) is 134 Å². The normalized spacial score (nSPS) is 23.7. The second-order valence-corrected chi connectivity index (χ2v) is 17.2. The molecule has 314 valence electrons. The molecule has 6 atom stereocenters. The summed E-state index contributed by atoms with van der Waals surface area (Å²) >= 11 is 0. The molecule has 1 saturated carbocycles. The van der Waals surface area contributed by atoms with Gasteiger partial charge < -0.3 is 34.2 Å². The van der Waals surface area contributed by atoms with E-state index in [2.05, 4.69) is 43.0 Å². The van der Waals surface area contributed by atoms with Crippen LogP contribution < -0.4 is 9.47 Å². The SMILES string of the molecule is C=CCO[C@@]12Oc3ccc(Oc4ccc5ccccc5c4)cc3[C@H]3[C@H](CCCCO)[C@@H](CCCCO)C=C(C(=NOC(C)(C)C)C[C@@H]1N(C)C(=O)c1ccc(C#N)cc1)[C@H]32. The number of oxime groups is 1. The van der Waals surface area contributed by atoms with E-state index >= 15 is 0 Å². The molecule has 1 heterocycles. The number of allylic oxidation sites excluding steroid dienone is 1. The number of nitrogens with zero attached hydrogens (tertiary/aromatic N) is 3. The molecule has 60 heavy (non-hydrogen) atoms. The van der Waals surface area contributed by atoms with E-state index in [1.54, 1.807) is 42.3 Å². The summed E-state index contributed by atoms with van der Waals surface area (Å²) in [6.07, 6.45) is 8.97. The van der Waals surface area contributed by atoms with Crippen LogP contribution >= 0.6 is 0 Å². The average Bonchev–Trinajstić information content (AvgIpc) is 3.25. The van der Waals surface area contributed by atoms with E-state index in [0.717, 1.165) is 53.3 Å². The number of hydrogen-bond acceptors (Lipinski definition) is 9. The number of nitriles is 1. The second-order valence-electron chi connectivity index (χ2n) is 17.2. The Kier molecular flexibility index (Phi) is 13.1. The van der Waals surface area contributed by atoms with Crippen LogP contribution in [0.5, 0.6) is 17.2 Å². The first kappa shape index (κ1) is 42.6. The number of aliphatic hydroxyl groups excluding tert-OH is 2. The molecule has 0 unspecified atom stereocenters. The van der Waals surface area contributed by atoms with Gasteiger partial charge in [0, 0.05) is 43.7 Å². The summed E-state index contributed by atoms with van der Waals surface area (Å²) in [5.41, 5.74) is 2.96. The summed E-state index contributed by atoms with van der Waals surface area (Å²) in [7, 11) is 1.77. The van der Waals surface area contributed by atoms with Gasteiger partial charge in [0.15, 0.2) is 0 Å². The Morgan fingerprint density at radius 1 is 0.967 bits per heavy atom. The first-order valence-corrected chi connectivity index (χ1v) is 21.2. The number of carbonyl (C=O) groups excluding carboxylic acids is 1. The van der Waals surface area contributed by atoms with Crippen LogP contribution in [0.15, 0.2) is 114 Å². The summed E-state index contributed by atoms with van der Waals surface area (Å²) in [6.45, 7) is 10.3. The molecule has 0 spiro atoms. The molecule has 10 heteroatoms. The maximum absolute atomic E-state index is 14.6. The van der Waals surface area contributed by atoms with E-state index in [1.807, 2.05) is 57.2 Å². The molecule has 3 aliphatic rings. The van der Waals surface area contributed by atoms with E-state index in [9.17, 15) is 20.3 Å². The van der Waals surface area contributed by atoms with Crippen molar-refractivity contribution in [2.24, 2.45) is 22.9 Å². The number of benzene rings is 4. The van der Waals surface area contributed by atoms with Crippen molar-refractivity contribution in [3.63, 3.8) is 0 Å². The molecule has 1 aliphatic heterocycles. The Morgan fingerprint density at radius 2 is 1.67 bits per heavy atom. The zero-order chi connectivity index (χ0) is 42.4. The standard InChI is InChI=1S/C50H57N3O7/c1-6-27-57-50-45(53(5)48(56)35-19-17-33(32-51)18-20-35)31-43(52-60-49(2,3)4)41-29-37(15-9-11-25-54)40(16-10-12-26-55)46(47(41)50)42-30-39(23-24-44(42)59-50)58-38-22-21-34-13-7-8-14-36(34)28-38/h6-8,13-14,17-24,28-30,37,40,45-47,54-55H,1,9-12,15-16,25-27,31H2,2-5H3/t37-,40+,45-,46+,47+,50+/m0/s1. The van der Waals surface area contributed by atoms with Crippen molar-refractivity contribution < 1.29 is 34.1 Å². The molecule has 1 fully saturated rings. The molecule has 1 amide bonds. The van der Waals surface area contributed by atoms with Gasteiger partial charge in [-0.1, -0.05) is 60.5 Å². The van der Waals surface area contributed by atoms with Gasteiger partial charge in [0.1, 0.15) is 28.9 Å². The number of rotatable bonds is 16. The largest absolute Gasteiger partial charge is 0.459 e. The zero-order valence-electron chi connectivity index (χ0n) is 35.2.